The molecule has 2 aromatic rings. The highest BCUT2D eigenvalue weighted by Gasteiger charge is 2.19. The number of carboxylic acids is 1. The summed E-state index contributed by atoms with van der Waals surface area (Å²) in [5.74, 6) is -1.06. The van der Waals surface area contributed by atoms with E-state index in [2.05, 4.69) is 0 Å². The molecule has 2 aromatic carbocycles. The SMILES string of the molecule is COC=C(C(=O)O)c1cccc2ccc(C(C)(C)O)cc12. The minimum Gasteiger partial charge on any atom is -0.503 e. The minimum absolute atomic E-state index is 0.0796. The van der Waals surface area contributed by atoms with Gasteiger partial charge in [0.2, 0.25) is 0 Å². The molecule has 0 bridgehead atoms. The molecule has 0 unspecified atom stereocenters. The Labute approximate surface area is 123 Å². The summed E-state index contributed by atoms with van der Waals surface area (Å²) in [5, 5.41) is 21.2. The number of hydrogen-bond donors (Lipinski definition) is 2. The summed E-state index contributed by atoms with van der Waals surface area (Å²) in [5.41, 5.74) is 0.379. The summed E-state index contributed by atoms with van der Waals surface area (Å²) in [6, 6.07) is 11.0. The molecule has 0 aliphatic rings. The summed E-state index contributed by atoms with van der Waals surface area (Å²) >= 11 is 0. The summed E-state index contributed by atoms with van der Waals surface area (Å²) in [6.07, 6.45) is 1.22. The van der Waals surface area contributed by atoms with Crippen LogP contribution in [-0.4, -0.2) is 23.3 Å². The molecule has 21 heavy (non-hydrogen) atoms. The number of benzene rings is 2. The average molecular weight is 286 g/mol. The molecule has 0 spiro atoms. The van der Waals surface area contributed by atoms with Crippen molar-refractivity contribution in [1.29, 1.82) is 0 Å². The smallest absolute Gasteiger partial charge is 0.339 e. The molecular formula is C17H18O4. The van der Waals surface area contributed by atoms with Gasteiger partial charge in [0.25, 0.3) is 0 Å². The molecule has 0 fully saturated rings. The Morgan fingerprint density at radius 1 is 1.24 bits per heavy atom. The third-order valence-electron chi connectivity index (χ3n) is 3.34. The molecule has 0 amide bonds. The Hall–Kier alpha value is -2.33. The van der Waals surface area contributed by atoms with Crippen molar-refractivity contribution < 1.29 is 19.7 Å². The summed E-state index contributed by atoms with van der Waals surface area (Å²) in [4.78, 5) is 11.4. The van der Waals surface area contributed by atoms with Gasteiger partial charge < -0.3 is 14.9 Å². The van der Waals surface area contributed by atoms with Gasteiger partial charge in [0, 0.05) is 0 Å². The number of fused-ring (bicyclic) bond motifs is 1. The fourth-order valence-electron chi connectivity index (χ4n) is 2.24. The van der Waals surface area contributed by atoms with E-state index in [-0.39, 0.29) is 5.57 Å². The van der Waals surface area contributed by atoms with Crippen LogP contribution in [0.5, 0.6) is 0 Å². The van der Waals surface area contributed by atoms with Gasteiger partial charge >= 0.3 is 5.97 Å². The van der Waals surface area contributed by atoms with Crippen molar-refractivity contribution in [1.82, 2.24) is 0 Å². The number of carbonyl (C=O) groups is 1. The van der Waals surface area contributed by atoms with Crippen molar-refractivity contribution >= 4 is 22.3 Å². The molecule has 2 N–H and O–H groups in total. The number of hydrogen-bond acceptors (Lipinski definition) is 3. The average Bonchev–Trinajstić information content (AvgIpc) is 2.42. The van der Waals surface area contributed by atoms with Crippen molar-refractivity contribution in [3.63, 3.8) is 0 Å². The summed E-state index contributed by atoms with van der Waals surface area (Å²) in [7, 11) is 1.41. The zero-order chi connectivity index (χ0) is 15.6. The first-order chi connectivity index (χ1) is 9.84. The lowest BCUT2D eigenvalue weighted by atomic mass is 9.92. The number of carboxylic acid groups (broad SMARTS) is 1. The number of aliphatic carboxylic acids is 1. The van der Waals surface area contributed by atoms with E-state index in [0.717, 1.165) is 16.3 Å². The first-order valence-corrected chi connectivity index (χ1v) is 6.57. The Morgan fingerprint density at radius 2 is 1.95 bits per heavy atom. The third-order valence-corrected chi connectivity index (χ3v) is 3.34. The van der Waals surface area contributed by atoms with E-state index in [1.54, 1.807) is 26.0 Å². The van der Waals surface area contributed by atoms with Crippen LogP contribution in [0.1, 0.15) is 25.0 Å². The van der Waals surface area contributed by atoms with Crippen molar-refractivity contribution in [3.8, 4) is 0 Å². The van der Waals surface area contributed by atoms with Crippen LogP contribution in [0.25, 0.3) is 16.3 Å². The van der Waals surface area contributed by atoms with Crippen LogP contribution >= 0.6 is 0 Å². The van der Waals surface area contributed by atoms with Crippen molar-refractivity contribution in [2.45, 2.75) is 19.4 Å². The van der Waals surface area contributed by atoms with Crippen LogP contribution in [0.4, 0.5) is 0 Å². The van der Waals surface area contributed by atoms with E-state index in [1.165, 1.54) is 13.4 Å². The van der Waals surface area contributed by atoms with Gasteiger partial charge in [-0.2, -0.15) is 0 Å². The zero-order valence-corrected chi connectivity index (χ0v) is 12.3. The topological polar surface area (TPSA) is 66.8 Å². The van der Waals surface area contributed by atoms with E-state index >= 15 is 0 Å². The van der Waals surface area contributed by atoms with Crippen LogP contribution in [-0.2, 0) is 15.1 Å². The van der Waals surface area contributed by atoms with Gasteiger partial charge in [-0.25, -0.2) is 4.79 Å². The fraction of sp³-hybridized carbons (Fsp3) is 0.235. The molecule has 2 rings (SSSR count). The molecule has 110 valence electrons. The van der Waals surface area contributed by atoms with Crippen LogP contribution in [0.2, 0.25) is 0 Å². The minimum atomic E-state index is -1.06. The highest BCUT2D eigenvalue weighted by Crippen LogP contribution is 2.30. The van der Waals surface area contributed by atoms with Crippen LogP contribution in [0.3, 0.4) is 0 Å². The van der Waals surface area contributed by atoms with Crippen LogP contribution in [0, 0.1) is 0 Å². The second-order valence-corrected chi connectivity index (χ2v) is 5.37. The van der Waals surface area contributed by atoms with E-state index in [1.807, 2.05) is 24.3 Å². The van der Waals surface area contributed by atoms with Gasteiger partial charge in [0.15, 0.2) is 0 Å². The number of aliphatic hydroxyl groups is 1. The first-order valence-electron chi connectivity index (χ1n) is 6.57. The molecule has 0 heterocycles. The quantitative estimate of drug-likeness (QED) is 0.669. The Morgan fingerprint density at radius 3 is 2.52 bits per heavy atom. The lowest BCUT2D eigenvalue weighted by molar-refractivity contribution is -0.130. The molecule has 0 aliphatic carbocycles. The van der Waals surface area contributed by atoms with Gasteiger partial charge in [-0.05, 0) is 41.8 Å². The maximum Gasteiger partial charge on any atom is 0.339 e. The molecule has 0 aromatic heterocycles. The lowest BCUT2D eigenvalue weighted by Crippen LogP contribution is -2.15. The molecule has 0 atom stereocenters. The Kier molecular flexibility index (Phi) is 4.00. The maximum atomic E-state index is 11.4. The van der Waals surface area contributed by atoms with Gasteiger partial charge in [0.1, 0.15) is 5.57 Å². The lowest BCUT2D eigenvalue weighted by Gasteiger charge is -2.19. The second kappa shape index (κ2) is 5.58. The fourth-order valence-corrected chi connectivity index (χ4v) is 2.24. The molecule has 0 radical (unpaired) electrons. The molecule has 0 aliphatic heterocycles. The van der Waals surface area contributed by atoms with Gasteiger partial charge in [-0.1, -0.05) is 30.3 Å². The Balaban J connectivity index is 2.74. The number of ether oxygens (including phenoxy) is 1. The van der Waals surface area contributed by atoms with E-state index in [9.17, 15) is 15.0 Å². The monoisotopic (exact) mass is 286 g/mol. The molecule has 4 heteroatoms. The molecule has 0 saturated carbocycles. The van der Waals surface area contributed by atoms with E-state index in [0.29, 0.717) is 5.56 Å². The standard InChI is InChI=1S/C17H18O4/c1-17(2,20)12-8-7-11-5-4-6-13(14(11)9-12)15(10-21-3)16(18)19/h4-10,20H,1-3H3,(H,18,19). The number of rotatable bonds is 4. The zero-order valence-electron chi connectivity index (χ0n) is 12.3. The van der Waals surface area contributed by atoms with Crippen molar-refractivity contribution in [2.24, 2.45) is 0 Å². The van der Waals surface area contributed by atoms with Gasteiger partial charge in [-0.3, -0.25) is 0 Å². The maximum absolute atomic E-state index is 11.4. The van der Waals surface area contributed by atoms with Crippen LogP contribution in [0.15, 0.2) is 42.7 Å². The second-order valence-electron chi connectivity index (χ2n) is 5.37. The van der Waals surface area contributed by atoms with Gasteiger partial charge in [-0.15, -0.1) is 0 Å². The first kappa shape index (κ1) is 15.1. The van der Waals surface area contributed by atoms with Crippen molar-refractivity contribution in [3.05, 3.63) is 53.8 Å². The predicted octanol–water partition coefficient (Wildman–Crippen LogP) is 3.14. The largest absolute Gasteiger partial charge is 0.503 e. The predicted molar refractivity (Wildman–Crippen MR) is 81.8 cm³/mol. The van der Waals surface area contributed by atoms with E-state index < -0.39 is 11.6 Å². The van der Waals surface area contributed by atoms with E-state index in [4.69, 9.17) is 4.74 Å². The summed E-state index contributed by atoms with van der Waals surface area (Å²) < 4.78 is 4.87. The third kappa shape index (κ3) is 3.06. The number of methoxy groups -OCH3 is 1. The van der Waals surface area contributed by atoms with Crippen molar-refractivity contribution in [2.75, 3.05) is 7.11 Å². The van der Waals surface area contributed by atoms with Gasteiger partial charge in [0.05, 0.1) is 19.0 Å². The molecular weight excluding hydrogens is 268 g/mol. The molecule has 4 nitrogen and oxygen atoms in total. The Bertz CT molecular complexity index is 708. The summed E-state index contributed by atoms with van der Waals surface area (Å²) in [6.45, 7) is 3.39. The normalized spacial score (nSPS) is 12.5. The highest BCUT2D eigenvalue weighted by molar-refractivity contribution is 6.19. The highest BCUT2D eigenvalue weighted by atomic mass is 16.5. The van der Waals surface area contributed by atoms with Crippen LogP contribution < -0.4 is 0 Å². The molecule has 0 saturated heterocycles.